The molecular formula is C39H52F18O2S2. The summed E-state index contributed by atoms with van der Waals surface area (Å²) >= 11 is 0.692. The molecular weight excluding hydrogens is 907 g/mol. The van der Waals surface area contributed by atoms with Crippen molar-refractivity contribution in [3.05, 3.63) is 28.8 Å². The van der Waals surface area contributed by atoms with Crippen LogP contribution in [0.4, 0.5) is 79.0 Å². The normalized spacial score (nSPS) is 13.9. The third-order valence-electron chi connectivity index (χ3n) is 9.68. The Hall–Kier alpha value is -1.87. The molecule has 0 spiro atoms. The van der Waals surface area contributed by atoms with Crippen molar-refractivity contribution in [2.24, 2.45) is 0 Å². The molecule has 358 valence electrons. The molecule has 22 heteroatoms. The van der Waals surface area contributed by atoms with Crippen LogP contribution in [-0.2, 0) is 16.3 Å². The van der Waals surface area contributed by atoms with Gasteiger partial charge in [0.05, 0.1) is 0 Å². The molecule has 0 aliphatic heterocycles. The minimum absolute atomic E-state index is 0.0668. The van der Waals surface area contributed by atoms with Crippen molar-refractivity contribution >= 4 is 29.5 Å². The molecule has 0 bridgehead atoms. The molecule has 0 atom stereocenters. The van der Waals surface area contributed by atoms with Gasteiger partial charge in [-0.05, 0) is 36.0 Å². The molecule has 0 aliphatic rings. The van der Waals surface area contributed by atoms with E-state index in [4.69, 9.17) is 4.74 Å². The van der Waals surface area contributed by atoms with E-state index in [0.29, 0.717) is 36.4 Å². The molecule has 1 aromatic carbocycles. The largest absolute Gasteiger partial charge is 0.460 e. The first-order valence-corrected chi connectivity index (χ1v) is 22.1. The average molecular weight is 959 g/mol. The minimum atomic E-state index is -7.09. The zero-order valence-electron chi connectivity index (χ0n) is 33.6. The van der Waals surface area contributed by atoms with Crippen LogP contribution in [-0.4, -0.2) is 65.4 Å². The zero-order chi connectivity index (χ0) is 47.0. The SMILES string of the molecule is CCCCCCCCCCCCCCCCCC(=O)Oc1c(C)cc(CSCCC(F)(F)C(F)(F)C(F)(F)C(F)(F)F)cc1CSCCC(F)(F)C(F)(F)C(F)(F)C(F)(F)F. The third-order valence-corrected chi connectivity index (χ3v) is 11.7. The number of benzene rings is 1. The molecule has 0 saturated carbocycles. The number of alkyl halides is 18. The van der Waals surface area contributed by atoms with Crippen molar-refractivity contribution < 1.29 is 88.6 Å². The smallest absolute Gasteiger partial charge is 0.426 e. The minimum Gasteiger partial charge on any atom is -0.426 e. The highest BCUT2D eigenvalue weighted by atomic mass is 32.2. The fourth-order valence-corrected chi connectivity index (χ4v) is 7.90. The number of hydrogen-bond donors (Lipinski definition) is 0. The highest BCUT2D eigenvalue weighted by molar-refractivity contribution is 7.98. The first-order chi connectivity index (χ1) is 27.9. The zero-order valence-corrected chi connectivity index (χ0v) is 35.3. The van der Waals surface area contributed by atoms with E-state index in [1.807, 2.05) is 0 Å². The topological polar surface area (TPSA) is 26.3 Å². The van der Waals surface area contributed by atoms with Gasteiger partial charge in [0.1, 0.15) is 5.75 Å². The molecule has 0 radical (unpaired) electrons. The van der Waals surface area contributed by atoms with E-state index in [1.54, 1.807) is 0 Å². The predicted molar refractivity (Wildman–Crippen MR) is 200 cm³/mol. The molecule has 0 unspecified atom stereocenters. The van der Waals surface area contributed by atoms with Gasteiger partial charge in [-0.2, -0.15) is 103 Å². The van der Waals surface area contributed by atoms with Crippen LogP contribution >= 0.6 is 23.5 Å². The second kappa shape index (κ2) is 24.4. The van der Waals surface area contributed by atoms with Gasteiger partial charge in [-0.3, -0.25) is 4.79 Å². The Balaban J connectivity index is 2.94. The second-order valence-corrected chi connectivity index (χ2v) is 17.1. The number of hydrogen-bond acceptors (Lipinski definition) is 4. The lowest BCUT2D eigenvalue weighted by molar-refractivity contribution is -0.396. The van der Waals surface area contributed by atoms with Gasteiger partial charge in [-0.1, -0.05) is 109 Å². The van der Waals surface area contributed by atoms with Crippen molar-refractivity contribution in [2.75, 3.05) is 11.5 Å². The number of unbranched alkanes of at least 4 members (excludes halogenated alkanes) is 14. The van der Waals surface area contributed by atoms with Crippen LogP contribution < -0.4 is 4.74 Å². The van der Waals surface area contributed by atoms with Crippen molar-refractivity contribution in [1.82, 2.24) is 0 Å². The Morgan fingerprint density at radius 2 is 0.869 bits per heavy atom. The summed E-state index contributed by atoms with van der Waals surface area (Å²) in [6.07, 6.45) is -2.54. The van der Waals surface area contributed by atoms with E-state index >= 15 is 0 Å². The number of aryl methyl sites for hydroxylation is 1. The van der Waals surface area contributed by atoms with Crippen LogP contribution in [0.1, 0.15) is 139 Å². The van der Waals surface area contributed by atoms with Crippen LogP contribution in [0.15, 0.2) is 12.1 Å². The van der Waals surface area contributed by atoms with Gasteiger partial charge >= 0.3 is 53.9 Å². The van der Waals surface area contributed by atoms with E-state index in [9.17, 15) is 83.8 Å². The van der Waals surface area contributed by atoms with Gasteiger partial charge in [0.15, 0.2) is 0 Å². The molecule has 0 N–H and O–H groups in total. The van der Waals surface area contributed by atoms with Crippen molar-refractivity contribution in [2.45, 2.75) is 189 Å². The number of esters is 1. The van der Waals surface area contributed by atoms with Gasteiger partial charge in [0.25, 0.3) is 0 Å². The monoisotopic (exact) mass is 958 g/mol. The molecule has 0 amide bonds. The number of carbonyl (C=O) groups excluding carboxylic acids is 1. The molecule has 0 aliphatic carbocycles. The Kier molecular flexibility index (Phi) is 22.9. The van der Waals surface area contributed by atoms with E-state index in [1.165, 1.54) is 64.4 Å². The molecule has 2 nitrogen and oxygen atoms in total. The Bertz CT molecular complexity index is 1450. The van der Waals surface area contributed by atoms with Gasteiger partial charge in [0.2, 0.25) is 0 Å². The second-order valence-electron chi connectivity index (χ2n) is 14.9. The maximum Gasteiger partial charge on any atom is 0.460 e. The first kappa shape index (κ1) is 57.1. The first-order valence-electron chi connectivity index (χ1n) is 19.8. The maximum atomic E-state index is 14.1. The van der Waals surface area contributed by atoms with Crippen molar-refractivity contribution in [1.29, 1.82) is 0 Å². The summed E-state index contributed by atoms with van der Waals surface area (Å²) in [5.41, 5.74) is 0.141. The highest BCUT2D eigenvalue weighted by Gasteiger charge is 2.82. The Labute approximate surface area is 352 Å². The lowest BCUT2D eigenvalue weighted by Crippen LogP contribution is -2.60. The lowest BCUT2D eigenvalue weighted by atomic mass is 10.0. The summed E-state index contributed by atoms with van der Waals surface area (Å²) in [6.45, 7) is 3.50. The average Bonchev–Trinajstić information content (AvgIpc) is 3.13. The van der Waals surface area contributed by atoms with E-state index in [2.05, 4.69) is 6.92 Å². The van der Waals surface area contributed by atoms with Crippen molar-refractivity contribution in [3.63, 3.8) is 0 Å². The Morgan fingerprint density at radius 1 is 0.508 bits per heavy atom. The lowest BCUT2D eigenvalue weighted by Gasteiger charge is -2.33. The number of carbonyl (C=O) groups is 1. The molecule has 1 rings (SSSR count). The molecule has 0 fully saturated rings. The van der Waals surface area contributed by atoms with Gasteiger partial charge in [0, 0.05) is 36.3 Å². The summed E-state index contributed by atoms with van der Waals surface area (Å²) in [6, 6.07) is 2.42. The summed E-state index contributed by atoms with van der Waals surface area (Å²) < 4.78 is 244. The fourth-order valence-electron chi connectivity index (χ4n) is 5.97. The summed E-state index contributed by atoms with van der Waals surface area (Å²) in [4.78, 5) is 12.8. The van der Waals surface area contributed by atoms with Gasteiger partial charge in [-0.25, -0.2) is 0 Å². The molecule has 61 heavy (non-hydrogen) atoms. The third kappa shape index (κ3) is 16.6. The van der Waals surface area contributed by atoms with Crippen molar-refractivity contribution in [3.8, 4) is 5.75 Å². The molecule has 0 saturated heterocycles. The Morgan fingerprint density at radius 3 is 1.25 bits per heavy atom. The quantitative estimate of drug-likeness (QED) is 0.0321. The van der Waals surface area contributed by atoms with E-state index in [-0.39, 0.29) is 28.9 Å². The number of thioether (sulfide) groups is 2. The summed E-state index contributed by atoms with van der Waals surface area (Å²) in [7, 11) is 0. The van der Waals surface area contributed by atoms with Crippen LogP contribution in [0, 0.1) is 6.92 Å². The molecule has 0 aromatic heterocycles. The fraction of sp³-hybridized carbons (Fsp3) is 0.821. The van der Waals surface area contributed by atoms with Crippen LogP contribution in [0.25, 0.3) is 0 Å². The van der Waals surface area contributed by atoms with Gasteiger partial charge in [-0.15, -0.1) is 0 Å². The van der Waals surface area contributed by atoms with Crippen LogP contribution in [0.2, 0.25) is 0 Å². The standard InChI is InChI=1S/C39H52F18O2S2/c1-3-4-5-6-7-8-9-10-11-12-13-14-15-16-17-18-30(58)59-31-27(2)23-28(25-60-21-19-32(40,41)34(44,45)36(48,49)38(52,53)54)24-29(31)26-61-22-20-33(42,43)35(46,47)37(50,51)39(55,56)57/h23-24H,3-22,25-26H2,1-2H3. The number of rotatable bonds is 31. The molecule has 1 aromatic rings. The highest BCUT2D eigenvalue weighted by Crippen LogP contribution is 2.55. The predicted octanol–water partition coefficient (Wildman–Crippen LogP) is 16.3. The van der Waals surface area contributed by atoms with Crippen LogP contribution in [0.3, 0.4) is 0 Å². The van der Waals surface area contributed by atoms with Gasteiger partial charge < -0.3 is 4.74 Å². The number of halogens is 18. The summed E-state index contributed by atoms with van der Waals surface area (Å²) in [5, 5.41) is 0. The maximum absolute atomic E-state index is 14.1. The summed E-state index contributed by atoms with van der Waals surface area (Å²) in [5.74, 6) is -43.7. The van der Waals surface area contributed by atoms with Crippen LogP contribution in [0.5, 0.6) is 5.75 Å². The van der Waals surface area contributed by atoms with E-state index in [0.717, 1.165) is 38.2 Å². The number of ether oxygens (including phenoxy) is 1. The molecule has 0 heterocycles. The van der Waals surface area contributed by atoms with E-state index < -0.39 is 89.7 Å².